The standard InChI is InChI=1S/C5H8F4O2/c1-4(6,3(10)11-2)5(7,8)9/h3,10H,1-2H3. The zero-order chi connectivity index (χ0) is 9.28. The molecule has 2 nitrogen and oxygen atoms in total. The Morgan fingerprint density at radius 1 is 1.27 bits per heavy atom. The van der Waals surface area contributed by atoms with Crippen molar-refractivity contribution in [3.63, 3.8) is 0 Å². The maximum Gasteiger partial charge on any atom is 0.427 e. The van der Waals surface area contributed by atoms with E-state index in [-0.39, 0.29) is 6.92 Å². The minimum absolute atomic E-state index is 0.209. The number of hydrogen-bond acceptors (Lipinski definition) is 2. The fourth-order valence-electron chi connectivity index (χ4n) is 0.361. The predicted molar refractivity (Wildman–Crippen MR) is 28.6 cm³/mol. The number of aliphatic hydroxyl groups is 1. The van der Waals surface area contributed by atoms with Crippen molar-refractivity contribution in [1.82, 2.24) is 0 Å². The van der Waals surface area contributed by atoms with Crippen molar-refractivity contribution in [2.45, 2.75) is 25.1 Å². The molecular weight excluding hydrogens is 168 g/mol. The molecule has 6 heteroatoms. The molecule has 0 heterocycles. The highest BCUT2D eigenvalue weighted by molar-refractivity contribution is 4.84. The Labute approximate surface area is 60.8 Å². The summed E-state index contributed by atoms with van der Waals surface area (Å²) in [6.07, 6.45) is -7.61. The first-order chi connectivity index (χ1) is 4.73. The van der Waals surface area contributed by atoms with Crippen LogP contribution < -0.4 is 0 Å². The SMILES string of the molecule is COC(O)C(C)(F)C(F)(F)F. The second kappa shape index (κ2) is 2.94. The highest BCUT2D eigenvalue weighted by atomic mass is 19.4. The molecule has 0 amide bonds. The monoisotopic (exact) mass is 176 g/mol. The third-order valence-electron chi connectivity index (χ3n) is 1.24. The molecule has 0 aliphatic heterocycles. The Hall–Kier alpha value is -0.360. The molecule has 0 aromatic heterocycles. The third kappa shape index (κ3) is 2.03. The summed E-state index contributed by atoms with van der Waals surface area (Å²) in [5.74, 6) is 0. The Bertz CT molecular complexity index is 131. The number of hydrogen-bond donors (Lipinski definition) is 1. The van der Waals surface area contributed by atoms with E-state index in [1.807, 2.05) is 0 Å². The van der Waals surface area contributed by atoms with E-state index < -0.39 is 18.1 Å². The number of aliphatic hydroxyl groups excluding tert-OH is 1. The van der Waals surface area contributed by atoms with Gasteiger partial charge in [0.05, 0.1) is 0 Å². The first-order valence-electron chi connectivity index (χ1n) is 2.70. The van der Waals surface area contributed by atoms with Crippen LogP contribution in [0, 0.1) is 0 Å². The molecule has 0 aliphatic carbocycles. The lowest BCUT2D eigenvalue weighted by molar-refractivity contribution is -0.296. The molecule has 1 N–H and O–H groups in total. The van der Waals surface area contributed by atoms with E-state index in [4.69, 9.17) is 5.11 Å². The summed E-state index contributed by atoms with van der Waals surface area (Å²) in [6.45, 7) is 0.209. The van der Waals surface area contributed by atoms with Gasteiger partial charge in [0.25, 0.3) is 5.67 Å². The molecule has 0 saturated heterocycles. The van der Waals surface area contributed by atoms with Crippen LogP contribution >= 0.6 is 0 Å². The second-order valence-electron chi connectivity index (χ2n) is 2.16. The Morgan fingerprint density at radius 2 is 1.64 bits per heavy atom. The van der Waals surface area contributed by atoms with E-state index in [0.717, 1.165) is 7.11 Å². The fourth-order valence-corrected chi connectivity index (χ4v) is 0.361. The second-order valence-corrected chi connectivity index (χ2v) is 2.16. The molecule has 0 radical (unpaired) electrons. The zero-order valence-electron chi connectivity index (χ0n) is 5.94. The summed E-state index contributed by atoms with van der Waals surface area (Å²) in [4.78, 5) is 0. The van der Waals surface area contributed by atoms with Crippen molar-refractivity contribution < 1.29 is 27.4 Å². The fraction of sp³-hybridized carbons (Fsp3) is 1.00. The molecule has 0 saturated carbocycles. The molecule has 0 aromatic rings. The van der Waals surface area contributed by atoms with Crippen LogP contribution in [-0.4, -0.2) is 30.4 Å². The van der Waals surface area contributed by atoms with Crippen LogP contribution in [0.2, 0.25) is 0 Å². The molecule has 0 fully saturated rings. The average molecular weight is 176 g/mol. The highest BCUT2D eigenvalue weighted by Gasteiger charge is 2.57. The number of rotatable bonds is 2. The quantitative estimate of drug-likeness (QED) is 0.506. The minimum atomic E-state index is -5.12. The molecule has 0 spiro atoms. The van der Waals surface area contributed by atoms with Crippen molar-refractivity contribution in [2.24, 2.45) is 0 Å². The number of ether oxygens (including phenoxy) is 1. The van der Waals surface area contributed by atoms with Gasteiger partial charge in [-0.25, -0.2) is 4.39 Å². The number of halogens is 4. The van der Waals surface area contributed by atoms with Gasteiger partial charge in [-0.3, -0.25) is 0 Å². The van der Waals surface area contributed by atoms with Gasteiger partial charge in [0.1, 0.15) is 0 Å². The summed E-state index contributed by atoms with van der Waals surface area (Å²) < 4.78 is 51.3. The highest BCUT2D eigenvalue weighted by Crippen LogP contribution is 2.36. The Morgan fingerprint density at radius 3 is 1.73 bits per heavy atom. The Balaban J connectivity index is 4.45. The summed E-state index contributed by atoms with van der Waals surface area (Å²) in [7, 11) is 0.786. The van der Waals surface area contributed by atoms with E-state index >= 15 is 0 Å². The van der Waals surface area contributed by atoms with Crippen molar-refractivity contribution >= 4 is 0 Å². The molecular formula is C5H8F4O2. The topological polar surface area (TPSA) is 29.5 Å². The third-order valence-corrected chi connectivity index (χ3v) is 1.24. The Kier molecular flexibility index (Phi) is 2.85. The van der Waals surface area contributed by atoms with Crippen LogP contribution in [0.5, 0.6) is 0 Å². The molecule has 0 aliphatic rings. The van der Waals surface area contributed by atoms with Crippen LogP contribution in [-0.2, 0) is 4.74 Å². The van der Waals surface area contributed by atoms with Gasteiger partial charge in [0.2, 0.25) is 0 Å². The molecule has 0 aromatic carbocycles. The molecule has 0 bridgehead atoms. The number of alkyl halides is 4. The number of methoxy groups -OCH3 is 1. The lowest BCUT2D eigenvalue weighted by Crippen LogP contribution is -2.49. The smallest absolute Gasteiger partial charge is 0.365 e. The summed E-state index contributed by atoms with van der Waals surface area (Å²) in [6, 6.07) is 0. The van der Waals surface area contributed by atoms with Crippen LogP contribution in [0.3, 0.4) is 0 Å². The van der Waals surface area contributed by atoms with Gasteiger partial charge in [-0.05, 0) is 6.92 Å². The molecule has 11 heavy (non-hydrogen) atoms. The van der Waals surface area contributed by atoms with Gasteiger partial charge in [-0.1, -0.05) is 0 Å². The van der Waals surface area contributed by atoms with Gasteiger partial charge in [-0.2, -0.15) is 13.2 Å². The zero-order valence-corrected chi connectivity index (χ0v) is 5.94. The first-order valence-corrected chi connectivity index (χ1v) is 2.70. The minimum Gasteiger partial charge on any atom is -0.365 e. The molecule has 68 valence electrons. The summed E-state index contributed by atoms with van der Waals surface area (Å²) in [5, 5.41) is 8.40. The molecule has 2 atom stereocenters. The van der Waals surface area contributed by atoms with Crippen molar-refractivity contribution in [2.75, 3.05) is 7.11 Å². The van der Waals surface area contributed by atoms with Gasteiger partial charge in [0, 0.05) is 7.11 Å². The van der Waals surface area contributed by atoms with Gasteiger partial charge in [-0.15, -0.1) is 0 Å². The van der Waals surface area contributed by atoms with E-state index in [1.54, 1.807) is 0 Å². The van der Waals surface area contributed by atoms with Gasteiger partial charge < -0.3 is 9.84 Å². The van der Waals surface area contributed by atoms with Crippen molar-refractivity contribution in [3.8, 4) is 0 Å². The van der Waals surface area contributed by atoms with Gasteiger partial charge >= 0.3 is 6.18 Å². The van der Waals surface area contributed by atoms with Crippen LogP contribution in [0.25, 0.3) is 0 Å². The molecule has 0 rings (SSSR count). The van der Waals surface area contributed by atoms with Crippen LogP contribution in [0.4, 0.5) is 17.6 Å². The maximum absolute atomic E-state index is 12.5. The molecule has 2 unspecified atom stereocenters. The van der Waals surface area contributed by atoms with Gasteiger partial charge in [0.15, 0.2) is 6.29 Å². The average Bonchev–Trinajstić information content (AvgIpc) is 1.83. The van der Waals surface area contributed by atoms with E-state index in [2.05, 4.69) is 4.74 Å². The summed E-state index contributed by atoms with van der Waals surface area (Å²) >= 11 is 0. The largest absolute Gasteiger partial charge is 0.427 e. The predicted octanol–water partition coefficient (Wildman–Crippen LogP) is 1.24. The first kappa shape index (κ1) is 10.6. The van der Waals surface area contributed by atoms with E-state index in [9.17, 15) is 17.6 Å². The van der Waals surface area contributed by atoms with Crippen molar-refractivity contribution in [3.05, 3.63) is 0 Å². The lowest BCUT2D eigenvalue weighted by Gasteiger charge is -2.27. The lowest BCUT2D eigenvalue weighted by atomic mass is 10.1. The maximum atomic E-state index is 12.5. The van der Waals surface area contributed by atoms with E-state index in [0.29, 0.717) is 0 Å². The summed E-state index contributed by atoms with van der Waals surface area (Å²) in [5.41, 5.74) is -3.72. The van der Waals surface area contributed by atoms with Crippen molar-refractivity contribution in [1.29, 1.82) is 0 Å². The van der Waals surface area contributed by atoms with E-state index in [1.165, 1.54) is 0 Å². The van der Waals surface area contributed by atoms with Crippen LogP contribution in [0.15, 0.2) is 0 Å². The van der Waals surface area contributed by atoms with Crippen LogP contribution in [0.1, 0.15) is 6.92 Å². The normalized spacial score (nSPS) is 21.0.